The van der Waals surface area contributed by atoms with Crippen LogP contribution in [0.4, 0.5) is 17.6 Å². The zero-order valence-electron chi connectivity index (χ0n) is 18.6. The van der Waals surface area contributed by atoms with Gasteiger partial charge in [-0.3, -0.25) is 0 Å². The van der Waals surface area contributed by atoms with E-state index < -0.39 is 17.5 Å². The standard InChI is InChI=1S/C29H26F4/c1-2-3-19-4-6-20(7-5-19)8-9-21-11-15-25-24(16-21)14-13-23(28(25)32)12-10-22-17-26(30)29(33)27(31)18-22/h4-7,11,13-18H,2-3,8-10,12H2,1H3. The van der Waals surface area contributed by atoms with Crippen LogP contribution >= 0.6 is 0 Å². The molecule has 0 aliphatic carbocycles. The average Bonchev–Trinajstić information content (AvgIpc) is 2.82. The molecule has 0 saturated heterocycles. The van der Waals surface area contributed by atoms with Gasteiger partial charge in [0.2, 0.25) is 0 Å². The van der Waals surface area contributed by atoms with Crippen molar-refractivity contribution in [1.29, 1.82) is 0 Å². The molecule has 0 amide bonds. The molecule has 0 bridgehead atoms. The number of fused-ring (bicyclic) bond motifs is 1. The third kappa shape index (κ3) is 5.44. The molecule has 0 nitrogen and oxygen atoms in total. The van der Waals surface area contributed by atoms with Crippen molar-refractivity contribution in [1.82, 2.24) is 0 Å². The highest BCUT2D eigenvalue weighted by atomic mass is 19.2. The first-order valence-electron chi connectivity index (χ1n) is 11.4. The minimum absolute atomic E-state index is 0.214. The molecule has 0 fully saturated rings. The summed E-state index contributed by atoms with van der Waals surface area (Å²) in [6, 6.07) is 20.0. The fourth-order valence-electron chi connectivity index (χ4n) is 4.22. The number of hydrogen-bond acceptors (Lipinski definition) is 0. The molecular weight excluding hydrogens is 424 g/mol. The summed E-state index contributed by atoms with van der Waals surface area (Å²) >= 11 is 0. The molecule has 170 valence electrons. The molecule has 0 atom stereocenters. The first-order chi connectivity index (χ1) is 15.9. The lowest BCUT2D eigenvalue weighted by Crippen LogP contribution is -1.99. The number of rotatable bonds is 8. The predicted molar refractivity (Wildman–Crippen MR) is 125 cm³/mol. The summed E-state index contributed by atoms with van der Waals surface area (Å²) < 4.78 is 55.0. The molecule has 0 spiro atoms. The van der Waals surface area contributed by atoms with Crippen molar-refractivity contribution in [3.8, 4) is 0 Å². The van der Waals surface area contributed by atoms with E-state index >= 15 is 4.39 Å². The lowest BCUT2D eigenvalue weighted by molar-refractivity contribution is 0.445. The van der Waals surface area contributed by atoms with Crippen molar-refractivity contribution in [2.45, 2.75) is 45.4 Å². The van der Waals surface area contributed by atoms with E-state index in [9.17, 15) is 13.2 Å². The molecule has 4 aromatic carbocycles. The Labute approximate surface area is 191 Å². The SMILES string of the molecule is CCCc1ccc(CCc2ccc3c(F)c(CCc4cc(F)c(F)c(F)c4)ccc3c2)cc1. The van der Waals surface area contributed by atoms with Crippen molar-refractivity contribution >= 4 is 10.8 Å². The quantitative estimate of drug-likeness (QED) is 0.189. The first-order valence-corrected chi connectivity index (χ1v) is 11.4. The molecule has 0 heterocycles. The van der Waals surface area contributed by atoms with E-state index in [4.69, 9.17) is 0 Å². The van der Waals surface area contributed by atoms with Crippen LogP contribution in [0.2, 0.25) is 0 Å². The minimum Gasteiger partial charge on any atom is -0.206 e. The number of hydrogen-bond donors (Lipinski definition) is 0. The molecular formula is C29H26F4. The molecule has 0 N–H and O–H groups in total. The number of halogens is 4. The number of benzene rings is 4. The van der Waals surface area contributed by atoms with Gasteiger partial charge >= 0.3 is 0 Å². The normalized spacial score (nSPS) is 11.3. The van der Waals surface area contributed by atoms with Crippen molar-refractivity contribution in [3.05, 3.63) is 118 Å². The van der Waals surface area contributed by atoms with Crippen LogP contribution in [0.25, 0.3) is 10.8 Å². The van der Waals surface area contributed by atoms with Gasteiger partial charge in [-0.1, -0.05) is 67.9 Å². The third-order valence-corrected chi connectivity index (χ3v) is 6.09. The molecule has 4 heteroatoms. The van der Waals surface area contributed by atoms with E-state index in [1.54, 1.807) is 12.1 Å². The highest BCUT2D eigenvalue weighted by Crippen LogP contribution is 2.25. The fourth-order valence-corrected chi connectivity index (χ4v) is 4.22. The molecule has 0 aliphatic rings. The second-order valence-corrected chi connectivity index (χ2v) is 8.53. The molecule has 4 rings (SSSR count). The van der Waals surface area contributed by atoms with Crippen LogP contribution in [0.3, 0.4) is 0 Å². The fraction of sp³-hybridized carbons (Fsp3) is 0.241. The first kappa shape index (κ1) is 23.0. The average molecular weight is 451 g/mol. The summed E-state index contributed by atoms with van der Waals surface area (Å²) in [5, 5.41) is 1.35. The van der Waals surface area contributed by atoms with Gasteiger partial charge in [-0.2, -0.15) is 0 Å². The summed E-state index contributed by atoms with van der Waals surface area (Å²) in [6.45, 7) is 2.17. The highest BCUT2D eigenvalue weighted by Gasteiger charge is 2.12. The lowest BCUT2D eigenvalue weighted by Gasteiger charge is -2.10. The van der Waals surface area contributed by atoms with E-state index in [1.807, 2.05) is 18.2 Å². The minimum atomic E-state index is -1.49. The van der Waals surface area contributed by atoms with E-state index in [2.05, 4.69) is 31.2 Å². The zero-order chi connectivity index (χ0) is 23.4. The van der Waals surface area contributed by atoms with Gasteiger partial charge in [0.15, 0.2) is 17.5 Å². The van der Waals surface area contributed by atoms with Gasteiger partial charge in [0.1, 0.15) is 5.82 Å². The maximum Gasteiger partial charge on any atom is 0.194 e. The Bertz CT molecular complexity index is 1240. The summed E-state index contributed by atoms with van der Waals surface area (Å²) in [5.74, 6) is -4.27. The van der Waals surface area contributed by atoms with Gasteiger partial charge < -0.3 is 0 Å². The van der Waals surface area contributed by atoms with E-state index in [-0.39, 0.29) is 18.7 Å². The molecule has 0 unspecified atom stereocenters. The van der Waals surface area contributed by atoms with Gasteiger partial charge in [0.25, 0.3) is 0 Å². The Morgan fingerprint density at radius 2 is 1.09 bits per heavy atom. The van der Waals surface area contributed by atoms with Crippen LogP contribution < -0.4 is 0 Å². The van der Waals surface area contributed by atoms with E-state index in [0.717, 1.165) is 48.8 Å². The second kappa shape index (κ2) is 10.2. The molecule has 33 heavy (non-hydrogen) atoms. The summed E-state index contributed by atoms with van der Waals surface area (Å²) in [4.78, 5) is 0. The van der Waals surface area contributed by atoms with Gasteiger partial charge in [-0.15, -0.1) is 0 Å². The highest BCUT2D eigenvalue weighted by molar-refractivity contribution is 5.84. The van der Waals surface area contributed by atoms with Crippen LogP contribution in [0.1, 0.15) is 41.2 Å². The third-order valence-electron chi connectivity index (χ3n) is 6.09. The van der Waals surface area contributed by atoms with Crippen molar-refractivity contribution in [3.63, 3.8) is 0 Å². The predicted octanol–water partition coefficient (Wildman–Crippen LogP) is 7.92. The Morgan fingerprint density at radius 3 is 1.76 bits per heavy atom. The van der Waals surface area contributed by atoms with Crippen molar-refractivity contribution in [2.24, 2.45) is 0 Å². The zero-order valence-corrected chi connectivity index (χ0v) is 18.6. The topological polar surface area (TPSA) is 0 Å². The van der Waals surface area contributed by atoms with Gasteiger partial charge in [0.05, 0.1) is 0 Å². The molecule has 0 aromatic heterocycles. The Hall–Kier alpha value is -3.14. The summed E-state index contributed by atoms with van der Waals surface area (Å²) in [7, 11) is 0. The number of aryl methyl sites for hydroxylation is 5. The van der Waals surface area contributed by atoms with Crippen LogP contribution in [0.15, 0.2) is 66.7 Å². The molecule has 0 radical (unpaired) electrons. The monoisotopic (exact) mass is 450 g/mol. The maximum absolute atomic E-state index is 15.1. The van der Waals surface area contributed by atoms with Crippen molar-refractivity contribution < 1.29 is 17.6 Å². The molecule has 0 aliphatic heterocycles. The van der Waals surface area contributed by atoms with E-state index in [1.165, 1.54) is 11.1 Å². The Balaban J connectivity index is 1.44. The maximum atomic E-state index is 15.1. The summed E-state index contributed by atoms with van der Waals surface area (Å²) in [6.07, 6.45) is 4.50. The smallest absolute Gasteiger partial charge is 0.194 e. The van der Waals surface area contributed by atoms with Gasteiger partial charge in [0, 0.05) is 5.39 Å². The van der Waals surface area contributed by atoms with Crippen molar-refractivity contribution in [2.75, 3.05) is 0 Å². The van der Waals surface area contributed by atoms with Gasteiger partial charge in [-0.05, 0) is 77.4 Å². The van der Waals surface area contributed by atoms with Crippen LogP contribution in [0.5, 0.6) is 0 Å². The Morgan fingerprint density at radius 1 is 0.515 bits per heavy atom. The Kier molecular flexibility index (Phi) is 7.12. The lowest BCUT2D eigenvalue weighted by atomic mass is 9.97. The van der Waals surface area contributed by atoms with Crippen LogP contribution in [-0.2, 0) is 32.1 Å². The van der Waals surface area contributed by atoms with Crippen LogP contribution in [-0.4, -0.2) is 0 Å². The van der Waals surface area contributed by atoms with Gasteiger partial charge in [-0.25, -0.2) is 17.6 Å². The molecule has 0 saturated carbocycles. The molecule has 4 aromatic rings. The van der Waals surface area contributed by atoms with Crippen LogP contribution in [0, 0.1) is 23.3 Å². The largest absolute Gasteiger partial charge is 0.206 e. The second-order valence-electron chi connectivity index (χ2n) is 8.53. The van der Waals surface area contributed by atoms with E-state index in [0.29, 0.717) is 16.5 Å². The summed E-state index contributed by atoms with van der Waals surface area (Å²) in [5.41, 5.74) is 4.54.